The van der Waals surface area contributed by atoms with Gasteiger partial charge < -0.3 is 5.32 Å². The Morgan fingerprint density at radius 3 is 2.67 bits per heavy atom. The molecule has 2 heteroatoms. The van der Waals surface area contributed by atoms with E-state index >= 15 is 0 Å². The summed E-state index contributed by atoms with van der Waals surface area (Å²) in [6.07, 6.45) is 4.52. The van der Waals surface area contributed by atoms with Crippen LogP contribution in [0.25, 0.3) is 0 Å². The van der Waals surface area contributed by atoms with Crippen molar-refractivity contribution in [1.29, 1.82) is 0 Å². The standard InChI is InChI=1S/C10H18FN/c1-9-5-3-6-10(2,12-9)8(11)4-7-9/h8,12H,3-7H2,1-2H3/t8-,9-,10+/m0/s1. The van der Waals surface area contributed by atoms with Crippen LogP contribution in [0.4, 0.5) is 4.39 Å². The molecule has 70 valence electrons. The van der Waals surface area contributed by atoms with Crippen LogP contribution in [-0.2, 0) is 0 Å². The summed E-state index contributed by atoms with van der Waals surface area (Å²) in [6, 6.07) is 0. The lowest BCUT2D eigenvalue weighted by molar-refractivity contribution is 0.0179. The van der Waals surface area contributed by atoms with Crippen LogP contribution in [0.1, 0.15) is 46.0 Å². The Morgan fingerprint density at radius 2 is 2.00 bits per heavy atom. The van der Waals surface area contributed by atoms with Gasteiger partial charge in [0.1, 0.15) is 6.17 Å². The molecule has 0 aliphatic carbocycles. The molecule has 2 bridgehead atoms. The Balaban J connectivity index is 2.20. The molecular weight excluding hydrogens is 153 g/mol. The van der Waals surface area contributed by atoms with Crippen molar-refractivity contribution >= 4 is 0 Å². The molecule has 0 amide bonds. The number of fused-ring (bicyclic) bond motifs is 2. The van der Waals surface area contributed by atoms with Crippen molar-refractivity contribution in [2.75, 3.05) is 0 Å². The number of rotatable bonds is 0. The molecule has 2 fully saturated rings. The quantitative estimate of drug-likeness (QED) is 0.590. The van der Waals surface area contributed by atoms with E-state index in [0.29, 0.717) is 0 Å². The van der Waals surface area contributed by atoms with Gasteiger partial charge in [0.2, 0.25) is 0 Å². The summed E-state index contributed by atoms with van der Waals surface area (Å²) in [5.41, 5.74) is 0.0147. The average molecular weight is 171 g/mol. The van der Waals surface area contributed by atoms with Gasteiger partial charge in [0, 0.05) is 11.1 Å². The third-order valence-electron chi connectivity index (χ3n) is 3.65. The second-order valence-electron chi connectivity index (χ2n) is 4.96. The van der Waals surface area contributed by atoms with E-state index in [2.05, 4.69) is 12.2 Å². The minimum atomic E-state index is -0.633. The van der Waals surface area contributed by atoms with E-state index in [1.54, 1.807) is 0 Å². The van der Waals surface area contributed by atoms with E-state index in [1.165, 1.54) is 12.8 Å². The van der Waals surface area contributed by atoms with E-state index < -0.39 is 6.17 Å². The van der Waals surface area contributed by atoms with Gasteiger partial charge in [-0.25, -0.2) is 4.39 Å². The number of alkyl halides is 1. The summed E-state index contributed by atoms with van der Waals surface area (Å²) in [6.45, 7) is 4.27. The zero-order valence-corrected chi connectivity index (χ0v) is 7.99. The van der Waals surface area contributed by atoms with Crippen LogP contribution in [0.5, 0.6) is 0 Å². The lowest BCUT2D eigenvalue weighted by Crippen LogP contribution is -2.66. The summed E-state index contributed by atoms with van der Waals surface area (Å²) >= 11 is 0. The predicted molar refractivity (Wildman–Crippen MR) is 47.9 cm³/mol. The fourth-order valence-electron chi connectivity index (χ4n) is 2.85. The Hall–Kier alpha value is -0.110. The maximum atomic E-state index is 13.5. The molecule has 0 saturated carbocycles. The van der Waals surface area contributed by atoms with Crippen molar-refractivity contribution in [2.24, 2.45) is 0 Å². The van der Waals surface area contributed by atoms with E-state index in [-0.39, 0.29) is 11.1 Å². The van der Waals surface area contributed by atoms with Crippen LogP contribution in [0.2, 0.25) is 0 Å². The van der Waals surface area contributed by atoms with E-state index in [4.69, 9.17) is 0 Å². The van der Waals surface area contributed by atoms with Crippen molar-refractivity contribution in [1.82, 2.24) is 5.32 Å². The zero-order chi connectivity index (χ0) is 8.82. The fourth-order valence-corrected chi connectivity index (χ4v) is 2.85. The van der Waals surface area contributed by atoms with Gasteiger partial charge in [-0.2, -0.15) is 0 Å². The van der Waals surface area contributed by atoms with E-state index in [0.717, 1.165) is 19.3 Å². The first-order valence-corrected chi connectivity index (χ1v) is 4.98. The first-order chi connectivity index (χ1) is 5.54. The molecule has 0 aromatic carbocycles. The van der Waals surface area contributed by atoms with Crippen molar-refractivity contribution in [2.45, 2.75) is 63.2 Å². The predicted octanol–water partition coefficient (Wildman–Crippen LogP) is 2.41. The van der Waals surface area contributed by atoms with Crippen LogP contribution in [0, 0.1) is 0 Å². The van der Waals surface area contributed by atoms with Gasteiger partial charge in [0.15, 0.2) is 0 Å². The summed E-state index contributed by atoms with van der Waals surface area (Å²) in [5.74, 6) is 0. The molecule has 3 atom stereocenters. The van der Waals surface area contributed by atoms with Gasteiger partial charge in [-0.3, -0.25) is 0 Å². The highest BCUT2D eigenvalue weighted by molar-refractivity contribution is 5.06. The Morgan fingerprint density at radius 1 is 1.25 bits per heavy atom. The molecule has 0 spiro atoms. The molecule has 0 aromatic heterocycles. The van der Waals surface area contributed by atoms with Crippen molar-refractivity contribution in [3.05, 3.63) is 0 Å². The number of hydrogen-bond donors (Lipinski definition) is 1. The van der Waals surface area contributed by atoms with Crippen LogP contribution in [-0.4, -0.2) is 17.2 Å². The summed E-state index contributed by atoms with van der Waals surface area (Å²) in [7, 11) is 0. The lowest BCUT2D eigenvalue weighted by atomic mass is 9.70. The number of halogens is 1. The van der Waals surface area contributed by atoms with Gasteiger partial charge in [0.05, 0.1) is 0 Å². The first-order valence-electron chi connectivity index (χ1n) is 4.98. The van der Waals surface area contributed by atoms with Crippen molar-refractivity contribution < 1.29 is 4.39 Å². The van der Waals surface area contributed by atoms with Crippen LogP contribution >= 0.6 is 0 Å². The first kappa shape index (κ1) is 8.49. The SMILES string of the molecule is C[C@@]12CCC[C@@](C)(N1)[C@@H](F)CC2. The molecule has 0 radical (unpaired) electrons. The highest BCUT2D eigenvalue weighted by Crippen LogP contribution is 2.40. The molecule has 2 aliphatic rings. The third-order valence-corrected chi connectivity index (χ3v) is 3.65. The largest absolute Gasteiger partial charge is 0.304 e. The minimum absolute atomic E-state index is 0.217. The van der Waals surface area contributed by atoms with Gasteiger partial charge >= 0.3 is 0 Å². The summed E-state index contributed by atoms with van der Waals surface area (Å²) in [4.78, 5) is 0. The average Bonchev–Trinajstić information content (AvgIpc) is 1.98. The monoisotopic (exact) mass is 171 g/mol. The molecule has 2 rings (SSSR count). The topological polar surface area (TPSA) is 12.0 Å². The molecule has 1 N–H and O–H groups in total. The Labute approximate surface area is 73.7 Å². The van der Waals surface area contributed by atoms with Crippen LogP contribution in [0.3, 0.4) is 0 Å². The van der Waals surface area contributed by atoms with Crippen LogP contribution < -0.4 is 5.32 Å². The zero-order valence-electron chi connectivity index (χ0n) is 7.99. The fraction of sp³-hybridized carbons (Fsp3) is 1.00. The smallest absolute Gasteiger partial charge is 0.118 e. The summed E-state index contributed by atoms with van der Waals surface area (Å²) < 4.78 is 13.5. The maximum Gasteiger partial charge on any atom is 0.118 e. The normalized spacial score (nSPS) is 53.8. The molecule has 2 heterocycles. The number of nitrogens with one attached hydrogen (secondary N) is 1. The number of hydrogen-bond acceptors (Lipinski definition) is 1. The minimum Gasteiger partial charge on any atom is -0.304 e. The third kappa shape index (κ3) is 1.17. The van der Waals surface area contributed by atoms with Crippen molar-refractivity contribution in [3.63, 3.8) is 0 Å². The Bertz CT molecular complexity index is 194. The van der Waals surface area contributed by atoms with Crippen LogP contribution in [0.15, 0.2) is 0 Å². The molecule has 0 aromatic rings. The molecule has 1 nitrogen and oxygen atoms in total. The number of piperidine rings is 2. The van der Waals surface area contributed by atoms with Gasteiger partial charge in [-0.05, 0) is 46.0 Å². The second kappa shape index (κ2) is 2.44. The molecule has 12 heavy (non-hydrogen) atoms. The second-order valence-corrected chi connectivity index (χ2v) is 4.96. The molecule has 2 saturated heterocycles. The molecular formula is C10H18FN. The van der Waals surface area contributed by atoms with E-state index in [9.17, 15) is 4.39 Å². The maximum absolute atomic E-state index is 13.5. The van der Waals surface area contributed by atoms with E-state index in [1.807, 2.05) is 6.92 Å². The molecule has 2 aliphatic heterocycles. The van der Waals surface area contributed by atoms with Gasteiger partial charge in [-0.15, -0.1) is 0 Å². The van der Waals surface area contributed by atoms with Gasteiger partial charge in [0.25, 0.3) is 0 Å². The lowest BCUT2D eigenvalue weighted by Gasteiger charge is -2.52. The molecule has 0 unspecified atom stereocenters. The summed E-state index contributed by atoms with van der Waals surface area (Å²) in [5, 5.41) is 3.48. The van der Waals surface area contributed by atoms with Gasteiger partial charge in [-0.1, -0.05) is 0 Å². The van der Waals surface area contributed by atoms with Crippen molar-refractivity contribution in [3.8, 4) is 0 Å². The Kier molecular flexibility index (Phi) is 1.73. The highest BCUT2D eigenvalue weighted by atomic mass is 19.1. The highest BCUT2D eigenvalue weighted by Gasteiger charge is 2.47.